The molecule has 0 saturated carbocycles. The summed E-state index contributed by atoms with van der Waals surface area (Å²) in [5.41, 5.74) is 2.47. The van der Waals surface area contributed by atoms with E-state index < -0.39 is 16.0 Å². The molecule has 2 aromatic carbocycles. The van der Waals surface area contributed by atoms with Gasteiger partial charge in [0.1, 0.15) is 11.5 Å². The average molecular weight is 461 g/mol. The van der Waals surface area contributed by atoms with Crippen molar-refractivity contribution in [2.24, 2.45) is 0 Å². The van der Waals surface area contributed by atoms with Crippen molar-refractivity contribution in [2.75, 3.05) is 12.9 Å². The van der Waals surface area contributed by atoms with E-state index in [2.05, 4.69) is 4.72 Å². The maximum atomic E-state index is 13.9. The van der Waals surface area contributed by atoms with E-state index in [1.807, 2.05) is 34.2 Å². The van der Waals surface area contributed by atoms with E-state index in [4.69, 9.17) is 4.74 Å². The van der Waals surface area contributed by atoms with Crippen molar-refractivity contribution in [3.8, 4) is 0 Å². The van der Waals surface area contributed by atoms with Crippen LogP contribution in [0.1, 0.15) is 28.5 Å². The molecule has 2 aromatic heterocycles. The highest BCUT2D eigenvalue weighted by molar-refractivity contribution is 7.88. The molecule has 0 saturated heterocycles. The first-order valence-electron chi connectivity index (χ1n) is 9.66. The highest BCUT2D eigenvalue weighted by Gasteiger charge is 2.25. The molecule has 162 valence electrons. The van der Waals surface area contributed by atoms with Gasteiger partial charge in [0, 0.05) is 39.6 Å². The molecule has 0 unspecified atom stereocenters. The SMILES string of the molecule is CCOC(=O)c1c(CNS(C)(=O)=O)c2ccccc2n1Cc1csc2ccc(F)cc12. The minimum atomic E-state index is -3.47. The zero-order valence-electron chi connectivity index (χ0n) is 17.0. The first-order chi connectivity index (χ1) is 14.8. The number of benzene rings is 2. The van der Waals surface area contributed by atoms with E-state index in [0.717, 1.165) is 32.8 Å². The van der Waals surface area contributed by atoms with Gasteiger partial charge in [0.15, 0.2) is 0 Å². The predicted octanol–water partition coefficient (Wildman–Crippen LogP) is 4.27. The highest BCUT2D eigenvalue weighted by Crippen LogP contribution is 2.32. The van der Waals surface area contributed by atoms with Gasteiger partial charge >= 0.3 is 5.97 Å². The van der Waals surface area contributed by atoms with Gasteiger partial charge in [-0.25, -0.2) is 22.3 Å². The lowest BCUT2D eigenvalue weighted by atomic mass is 10.1. The third kappa shape index (κ3) is 4.34. The van der Waals surface area contributed by atoms with E-state index in [-0.39, 0.29) is 24.7 Å². The molecule has 2 heterocycles. The summed E-state index contributed by atoms with van der Waals surface area (Å²) < 4.78 is 47.9. The van der Waals surface area contributed by atoms with Crippen LogP contribution in [-0.4, -0.2) is 31.8 Å². The number of para-hydroxylation sites is 1. The Kier molecular flexibility index (Phi) is 5.83. The minimum absolute atomic E-state index is 0.0422. The van der Waals surface area contributed by atoms with Crippen LogP contribution in [0.4, 0.5) is 4.39 Å². The van der Waals surface area contributed by atoms with Crippen LogP contribution in [-0.2, 0) is 27.8 Å². The zero-order valence-corrected chi connectivity index (χ0v) is 18.6. The molecule has 0 fully saturated rings. The first-order valence-corrected chi connectivity index (χ1v) is 12.4. The molecule has 0 aliphatic carbocycles. The maximum Gasteiger partial charge on any atom is 0.355 e. The fourth-order valence-electron chi connectivity index (χ4n) is 3.70. The molecule has 0 bridgehead atoms. The van der Waals surface area contributed by atoms with Crippen molar-refractivity contribution in [1.29, 1.82) is 0 Å². The number of fused-ring (bicyclic) bond motifs is 2. The number of aromatic nitrogens is 1. The molecule has 0 radical (unpaired) electrons. The molecular formula is C22H21FN2O4S2. The van der Waals surface area contributed by atoms with E-state index >= 15 is 0 Å². The number of hydrogen-bond acceptors (Lipinski definition) is 5. The molecule has 0 aliphatic rings. The second-order valence-corrected chi connectivity index (χ2v) is 9.89. The van der Waals surface area contributed by atoms with E-state index in [9.17, 15) is 17.6 Å². The lowest BCUT2D eigenvalue weighted by Crippen LogP contribution is -2.23. The van der Waals surface area contributed by atoms with Crippen LogP contribution >= 0.6 is 11.3 Å². The van der Waals surface area contributed by atoms with Crippen LogP contribution in [0.15, 0.2) is 47.8 Å². The second-order valence-electron chi connectivity index (χ2n) is 7.15. The molecule has 0 atom stereocenters. The first kappa shape index (κ1) is 21.5. The predicted molar refractivity (Wildman–Crippen MR) is 120 cm³/mol. The number of esters is 1. The summed E-state index contributed by atoms with van der Waals surface area (Å²) in [5.74, 6) is -0.858. The standard InChI is InChI=1S/C22H21FN2O4S2/c1-3-29-22(26)21-18(11-24-31(2,27)28)16-6-4-5-7-19(16)25(21)12-14-13-30-20-9-8-15(23)10-17(14)20/h4-10,13,24H,3,11-12H2,1-2H3. The number of nitrogens with one attached hydrogen (secondary N) is 1. The fourth-order valence-corrected chi connectivity index (χ4v) is 5.04. The van der Waals surface area contributed by atoms with E-state index in [1.54, 1.807) is 13.0 Å². The van der Waals surface area contributed by atoms with Gasteiger partial charge in [0.25, 0.3) is 0 Å². The molecular weight excluding hydrogens is 439 g/mol. The van der Waals surface area contributed by atoms with Gasteiger partial charge in [-0.1, -0.05) is 18.2 Å². The normalized spacial score (nSPS) is 12.0. The Hall–Kier alpha value is -2.75. The van der Waals surface area contributed by atoms with Gasteiger partial charge in [-0.15, -0.1) is 11.3 Å². The van der Waals surface area contributed by atoms with Crippen LogP contribution < -0.4 is 4.72 Å². The third-order valence-corrected chi connectivity index (χ3v) is 6.68. The third-order valence-electron chi connectivity index (χ3n) is 5.00. The van der Waals surface area contributed by atoms with Crippen LogP contribution in [0.5, 0.6) is 0 Å². The number of hydrogen-bond donors (Lipinski definition) is 1. The number of nitrogens with zero attached hydrogens (tertiary/aromatic N) is 1. The molecule has 0 amide bonds. The zero-order chi connectivity index (χ0) is 22.2. The molecule has 0 spiro atoms. The Bertz CT molecular complexity index is 1390. The fraction of sp³-hybridized carbons (Fsp3) is 0.227. The van der Waals surface area contributed by atoms with E-state index in [1.165, 1.54) is 23.5 Å². The van der Waals surface area contributed by atoms with Crippen LogP contribution in [0.25, 0.3) is 21.0 Å². The number of halogens is 1. The van der Waals surface area contributed by atoms with Crippen LogP contribution in [0.3, 0.4) is 0 Å². The average Bonchev–Trinajstić information content (AvgIpc) is 3.25. The van der Waals surface area contributed by atoms with Gasteiger partial charge in [0.2, 0.25) is 10.0 Å². The molecule has 4 rings (SSSR count). The van der Waals surface area contributed by atoms with Crippen LogP contribution in [0, 0.1) is 5.82 Å². The maximum absolute atomic E-state index is 13.9. The summed E-state index contributed by atoms with van der Waals surface area (Å²) in [6.07, 6.45) is 1.07. The lowest BCUT2D eigenvalue weighted by Gasteiger charge is -2.12. The van der Waals surface area contributed by atoms with Gasteiger partial charge in [-0.05, 0) is 42.1 Å². The summed E-state index contributed by atoms with van der Waals surface area (Å²) in [6, 6.07) is 12.1. The highest BCUT2D eigenvalue weighted by atomic mass is 32.2. The Balaban J connectivity index is 1.91. The Morgan fingerprint density at radius 1 is 1.19 bits per heavy atom. The molecule has 9 heteroatoms. The molecule has 1 N–H and O–H groups in total. The van der Waals surface area contributed by atoms with Crippen LogP contribution in [0.2, 0.25) is 0 Å². The summed E-state index contributed by atoms with van der Waals surface area (Å²) in [4.78, 5) is 12.9. The number of carbonyl (C=O) groups is 1. The monoisotopic (exact) mass is 460 g/mol. The van der Waals surface area contributed by atoms with Crippen molar-refractivity contribution in [2.45, 2.75) is 20.0 Å². The van der Waals surface area contributed by atoms with Crippen molar-refractivity contribution in [3.05, 3.63) is 70.5 Å². The topological polar surface area (TPSA) is 77.4 Å². The number of ether oxygens (including phenoxy) is 1. The smallest absolute Gasteiger partial charge is 0.355 e. The van der Waals surface area contributed by atoms with Crippen molar-refractivity contribution < 1.29 is 22.3 Å². The summed E-state index contributed by atoms with van der Waals surface area (Å²) in [5, 5.41) is 3.49. The largest absolute Gasteiger partial charge is 0.461 e. The summed E-state index contributed by atoms with van der Waals surface area (Å²) in [7, 11) is -3.47. The molecule has 6 nitrogen and oxygen atoms in total. The summed E-state index contributed by atoms with van der Waals surface area (Å²) in [6.45, 7) is 2.18. The van der Waals surface area contributed by atoms with E-state index in [0.29, 0.717) is 12.1 Å². The van der Waals surface area contributed by atoms with Gasteiger partial charge < -0.3 is 9.30 Å². The molecule has 4 aromatic rings. The Morgan fingerprint density at radius 2 is 1.97 bits per heavy atom. The van der Waals surface area contributed by atoms with Gasteiger partial charge in [-0.2, -0.15) is 0 Å². The molecule has 0 aliphatic heterocycles. The number of rotatable bonds is 7. The minimum Gasteiger partial charge on any atom is -0.461 e. The Morgan fingerprint density at radius 3 is 2.71 bits per heavy atom. The summed E-state index contributed by atoms with van der Waals surface area (Å²) >= 11 is 1.50. The number of thiophene rings is 1. The van der Waals surface area contributed by atoms with Crippen molar-refractivity contribution in [3.63, 3.8) is 0 Å². The van der Waals surface area contributed by atoms with Crippen molar-refractivity contribution in [1.82, 2.24) is 9.29 Å². The van der Waals surface area contributed by atoms with Gasteiger partial charge in [-0.3, -0.25) is 0 Å². The number of sulfonamides is 1. The van der Waals surface area contributed by atoms with Gasteiger partial charge in [0.05, 0.1) is 12.9 Å². The quantitative estimate of drug-likeness (QED) is 0.418. The van der Waals surface area contributed by atoms with Crippen molar-refractivity contribution >= 4 is 48.3 Å². The second kappa shape index (κ2) is 8.41. The molecule has 31 heavy (non-hydrogen) atoms. The lowest BCUT2D eigenvalue weighted by molar-refractivity contribution is 0.0513. The number of carbonyl (C=O) groups excluding carboxylic acids is 1. The Labute approximate surface area is 183 Å².